The summed E-state index contributed by atoms with van der Waals surface area (Å²) in [6.07, 6.45) is -0.723. The van der Waals surface area contributed by atoms with Gasteiger partial charge in [0.1, 0.15) is 24.3 Å². The third-order valence-electron chi connectivity index (χ3n) is 3.19. The largest absolute Gasteiger partial charge is 0.490 e. The zero-order valence-corrected chi connectivity index (χ0v) is 11.7. The summed E-state index contributed by atoms with van der Waals surface area (Å²) in [5.74, 6) is 0.533. The molecule has 1 unspecified atom stereocenters. The van der Waals surface area contributed by atoms with Gasteiger partial charge in [-0.15, -0.1) is 0 Å². The summed E-state index contributed by atoms with van der Waals surface area (Å²) in [6.45, 7) is 4.35. The van der Waals surface area contributed by atoms with Crippen LogP contribution in [-0.2, 0) is 0 Å². The van der Waals surface area contributed by atoms with Crippen molar-refractivity contribution in [3.8, 4) is 5.75 Å². The van der Waals surface area contributed by atoms with Crippen molar-refractivity contribution in [2.75, 3.05) is 6.61 Å². The second-order valence-electron chi connectivity index (χ2n) is 5.11. The first-order valence-corrected chi connectivity index (χ1v) is 6.72. The minimum atomic E-state index is -0.723. The van der Waals surface area contributed by atoms with Crippen molar-refractivity contribution >= 4 is 0 Å². The van der Waals surface area contributed by atoms with Crippen LogP contribution < -0.4 is 4.74 Å². The topological polar surface area (TPSA) is 29.5 Å². The molecule has 0 bridgehead atoms. The predicted molar refractivity (Wildman–Crippen MR) is 77.4 cm³/mol. The SMILES string of the molecule is CC(C)c1ccc(C(O)COc2cccc(F)c2)cc1. The molecule has 2 aromatic carbocycles. The zero-order chi connectivity index (χ0) is 14.5. The van der Waals surface area contributed by atoms with E-state index in [1.54, 1.807) is 12.1 Å². The van der Waals surface area contributed by atoms with Crippen LogP contribution in [0.15, 0.2) is 48.5 Å². The van der Waals surface area contributed by atoms with Crippen LogP contribution in [0.3, 0.4) is 0 Å². The van der Waals surface area contributed by atoms with Gasteiger partial charge in [-0.25, -0.2) is 4.39 Å². The smallest absolute Gasteiger partial charge is 0.126 e. The quantitative estimate of drug-likeness (QED) is 0.891. The van der Waals surface area contributed by atoms with Crippen LogP contribution in [0.5, 0.6) is 5.75 Å². The maximum Gasteiger partial charge on any atom is 0.126 e. The fraction of sp³-hybridized carbons (Fsp3) is 0.294. The Bertz CT molecular complexity index is 549. The van der Waals surface area contributed by atoms with E-state index in [9.17, 15) is 9.50 Å². The minimum absolute atomic E-state index is 0.102. The Morgan fingerprint density at radius 3 is 2.30 bits per heavy atom. The van der Waals surface area contributed by atoms with Gasteiger partial charge in [-0.1, -0.05) is 44.2 Å². The van der Waals surface area contributed by atoms with Gasteiger partial charge in [-0.2, -0.15) is 0 Å². The number of aliphatic hydroxyl groups excluding tert-OH is 1. The van der Waals surface area contributed by atoms with E-state index in [2.05, 4.69) is 13.8 Å². The molecule has 0 aromatic heterocycles. The number of ether oxygens (including phenoxy) is 1. The van der Waals surface area contributed by atoms with E-state index in [4.69, 9.17) is 4.74 Å². The van der Waals surface area contributed by atoms with Crippen molar-refractivity contribution in [3.05, 3.63) is 65.5 Å². The molecule has 0 aliphatic heterocycles. The molecule has 0 aliphatic carbocycles. The molecule has 0 spiro atoms. The Labute approximate surface area is 118 Å². The third-order valence-corrected chi connectivity index (χ3v) is 3.19. The summed E-state index contributed by atoms with van der Waals surface area (Å²) in [4.78, 5) is 0. The number of hydrogen-bond acceptors (Lipinski definition) is 2. The van der Waals surface area contributed by atoms with E-state index in [0.29, 0.717) is 11.7 Å². The van der Waals surface area contributed by atoms with Gasteiger partial charge in [0.25, 0.3) is 0 Å². The highest BCUT2D eigenvalue weighted by molar-refractivity contribution is 5.27. The minimum Gasteiger partial charge on any atom is -0.490 e. The van der Waals surface area contributed by atoms with Crippen LogP contribution in [0, 0.1) is 5.82 Å². The lowest BCUT2D eigenvalue weighted by Gasteiger charge is -2.14. The van der Waals surface area contributed by atoms with Crippen LogP contribution in [0.4, 0.5) is 4.39 Å². The number of hydrogen-bond donors (Lipinski definition) is 1. The van der Waals surface area contributed by atoms with Crippen molar-refractivity contribution in [2.24, 2.45) is 0 Å². The molecule has 0 amide bonds. The molecule has 0 heterocycles. The average molecular weight is 274 g/mol. The number of rotatable bonds is 5. The molecule has 0 saturated heterocycles. The van der Waals surface area contributed by atoms with E-state index < -0.39 is 6.10 Å². The summed E-state index contributed by atoms with van der Waals surface area (Å²) < 4.78 is 18.4. The summed E-state index contributed by atoms with van der Waals surface area (Å²) in [5, 5.41) is 10.1. The van der Waals surface area contributed by atoms with E-state index in [1.165, 1.54) is 17.7 Å². The van der Waals surface area contributed by atoms with E-state index in [-0.39, 0.29) is 12.4 Å². The predicted octanol–water partition coefficient (Wildman–Crippen LogP) is 4.06. The fourth-order valence-electron chi connectivity index (χ4n) is 1.93. The molecule has 0 saturated carbocycles. The van der Waals surface area contributed by atoms with Gasteiger partial charge in [0.15, 0.2) is 0 Å². The molecule has 0 aliphatic rings. The molecular formula is C17H19FO2. The van der Waals surface area contributed by atoms with E-state index in [0.717, 1.165) is 5.56 Å². The van der Waals surface area contributed by atoms with Crippen LogP contribution in [0.1, 0.15) is 37.0 Å². The lowest BCUT2D eigenvalue weighted by atomic mass is 10.0. The standard InChI is InChI=1S/C17H19FO2/c1-12(2)13-6-8-14(9-7-13)17(19)11-20-16-5-3-4-15(18)10-16/h3-10,12,17,19H,11H2,1-2H3. The Morgan fingerprint density at radius 1 is 1.05 bits per heavy atom. The summed E-state index contributed by atoms with van der Waals surface area (Å²) >= 11 is 0. The number of benzene rings is 2. The molecule has 1 N–H and O–H groups in total. The number of aliphatic hydroxyl groups is 1. The first-order chi connectivity index (χ1) is 9.56. The van der Waals surface area contributed by atoms with Crippen molar-refractivity contribution in [3.63, 3.8) is 0 Å². The molecule has 2 nitrogen and oxygen atoms in total. The fourth-order valence-corrected chi connectivity index (χ4v) is 1.93. The lowest BCUT2D eigenvalue weighted by molar-refractivity contribution is 0.108. The van der Waals surface area contributed by atoms with Crippen LogP contribution in [0.2, 0.25) is 0 Å². The Morgan fingerprint density at radius 2 is 1.70 bits per heavy atom. The van der Waals surface area contributed by atoms with Gasteiger partial charge in [0.05, 0.1) is 0 Å². The van der Waals surface area contributed by atoms with Crippen molar-refractivity contribution < 1.29 is 14.2 Å². The molecule has 1 atom stereocenters. The van der Waals surface area contributed by atoms with Crippen LogP contribution in [0.25, 0.3) is 0 Å². The molecular weight excluding hydrogens is 255 g/mol. The highest BCUT2D eigenvalue weighted by Crippen LogP contribution is 2.20. The Balaban J connectivity index is 1.96. The van der Waals surface area contributed by atoms with Gasteiger partial charge in [-0.3, -0.25) is 0 Å². The maximum absolute atomic E-state index is 13.0. The molecule has 106 valence electrons. The van der Waals surface area contributed by atoms with Gasteiger partial charge >= 0.3 is 0 Å². The average Bonchev–Trinajstić information content (AvgIpc) is 2.45. The second-order valence-corrected chi connectivity index (χ2v) is 5.11. The Kier molecular flexibility index (Phi) is 4.74. The molecule has 0 fully saturated rings. The molecule has 3 heteroatoms. The van der Waals surface area contributed by atoms with Crippen LogP contribution >= 0.6 is 0 Å². The molecule has 20 heavy (non-hydrogen) atoms. The summed E-state index contributed by atoms with van der Waals surface area (Å²) in [6, 6.07) is 13.7. The van der Waals surface area contributed by atoms with Gasteiger partial charge < -0.3 is 9.84 Å². The zero-order valence-electron chi connectivity index (χ0n) is 11.7. The molecule has 0 radical (unpaired) electrons. The van der Waals surface area contributed by atoms with E-state index >= 15 is 0 Å². The highest BCUT2D eigenvalue weighted by Gasteiger charge is 2.09. The van der Waals surface area contributed by atoms with Crippen molar-refractivity contribution in [2.45, 2.75) is 25.9 Å². The summed E-state index contributed by atoms with van der Waals surface area (Å²) in [5.41, 5.74) is 2.03. The normalized spacial score (nSPS) is 12.4. The number of halogens is 1. The second kappa shape index (κ2) is 6.53. The van der Waals surface area contributed by atoms with Crippen LogP contribution in [-0.4, -0.2) is 11.7 Å². The molecule has 2 rings (SSSR count). The maximum atomic E-state index is 13.0. The van der Waals surface area contributed by atoms with Crippen molar-refractivity contribution in [1.82, 2.24) is 0 Å². The monoisotopic (exact) mass is 274 g/mol. The first kappa shape index (κ1) is 14.5. The van der Waals surface area contributed by atoms with E-state index in [1.807, 2.05) is 24.3 Å². The van der Waals surface area contributed by atoms with Crippen molar-refractivity contribution in [1.29, 1.82) is 0 Å². The molecule has 2 aromatic rings. The van der Waals surface area contributed by atoms with Gasteiger partial charge in [0.2, 0.25) is 0 Å². The first-order valence-electron chi connectivity index (χ1n) is 6.72. The summed E-state index contributed by atoms with van der Waals surface area (Å²) in [7, 11) is 0. The Hall–Kier alpha value is -1.87. The highest BCUT2D eigenvalue weighted by atomic mass is 19.1. The lowest BCUT2D eigenvalue weighted by Crippen LogP contribution is -2.09. The third kappa shape index (κ3) is 3.81. The van der Waals surface area contributed by atoms with Gasteiger partial charge in [0, 0.05) is 6.07 Å². The van der Waals surface area contributed by atoms with Gasteiger partial charge in [-0.05, 0) is 29.2 Å².